The zero-order valence-corrected chi connectivity index (χ0v) is 11.4. The van der Waals surface area contributed by atoms with E-state index in [4.69, 9.17) is 11.6 Å². The second-order valence-corrected chi connectivity index (χ2v) is 4.60. The molecule has 0 fully saturated rings. The molecule has 0 saturated carbocycles. The van der Waals surface area contributed by atoms with Gasteiger partial charge >= 0.3 is 6.18 Å². The van der Waals surface area contributed by atoms with Gasteiger partial charge in [-0.3, -0.25) is 4.79 Å². The summed E-state index contributed by atoms with van der Waals surface area (Å²) in [6, 6.07) is 3.34. The third-order valence-corrected chi connectivity index (χ3v) is 3.23. The molecule has 1 amide bonds. The van der Waals surface area contributed by atoms with Gasteiger partial charge in [-0.2, -0.15) is 13.2 Å². The van der Waals surface area contributed by atoms with E-state index in [9.17, 15) is 18.0 Å². The molecule has 0 aliphatic rings. The number of rotatable bonds is 4. The van der Waals surface area contributed by atoms with Crippen LogP contribution < -0.4 is 5.32 Å². The molecule has 0 saturated heterocycles. The molecule has 0 spiro atoms. The van der Waals surface area contributed by atoms with E-state index < -0.39 is 11.7 Å². The number of amides is 1. The molecule has 0 atom stereocenters. The van der Waals surface area contributed by atoms with Gasteiger partial charge in [0.1, 0.15) is 0 Å². The fourth-order valence-electron chi connectivity index (χ4n) is 1.72. The van der Waals surface area contributed by atoms with Crippen molar-refractivity contribution in [1.82, 2.24) is 0 Å². The van der Waals surface area contributed by atoms with Crippen LogP contribution in [0.3, 0.4) is 0 Å². The number of nitrogens with one attached hydrogen (secondary N) is 1. The average Bonchev–Trinajstić information content (AvgIpc) is 2.31. The van der Waals surface area contributed by atoms with Gasteiger partial charge in [0, 0.05) is 11.6 Å². The highest BCUT2D eigenvalue weighted by molar-refractivity contribution is 6.31. The minimum absolute atomic E-state index is 0.105. The topological polar surface area (TPSA) is 29.1 Å². The summed E-state index contributed by atoms with van der Waals surface area (Å²) < 4.78 is 38.0. The van der Waals surface area contributed by atoms with Gasteiger partial charge in [-0.05, 0) is 31.0 Å². The molecule has 0 aliphatic carbocycles. The van der Waals surface area contributed by atoms with Gasteiger partial charge in [0.15, 0.2) is 0 Å². The largest absolute Gasteiger partial charge is 0.417 e. The molecule has 106 valence electrons. The predicted molar refractivity (Wildman–Crippen MR) is 69.2 cm³/mol. The highest BCUT2D eigenvalue weighted by atomic mass is 35.5. The number of alkyl halides is 3. The van der Waals surface area contributed by atoms with Crippen LogP contribution in [-0.4, -0.2) is 5.91 Å². The molecule has 0 unspecified atom stereocenters. The molecule has 0 bridgehead atoms. The van der Waals surface area contributed by atoms with Crippen molar-refractivity contribution in [2.24, 2.45) is 5.92 Å². The van der Waals surface area contributed by atoms with Crippen molar-refractivity contribution in [3.8, 4) is 0 Å². The zero-order chi connectivity index (χ0) is 14.6. The predicted octanol–water partition coefficient (Wildman–Crippen LogP) is 4.73. The maximum absolute atomic E-state index is 12.7. The van der Waals surface area contributed by atoms with Crippen LogP contribution in [-0.2, 0) is 11.0 Å². The lowest BCUT2D eigenvalue weighted by Crippen LogP contribution is -2.22. The molecule has 6 heteroatoms. The molecule has 1 N–H and O–H groups in total. The first kappa shape index (κ1) is 15.8. The van der Waals surface area contributed by atoms with Crippen molar-refractivity contribution in [3.63, 3.8) is 0 Å². The van der Waals surface area contributed by atoms with Crippen LogP contribution in [0.1, 0.15) is 32.3 Å². The summed E-state index contributed by atoms with van der Waals surface area (Å²) in [5.41, 5.74) is -0.842. The number of carbonyl (C=O) groups is 1. The van der Waals surface area contributed by atoms with Gasteiger partial charge in [-0.1, -0.05) is 25.4 Å². The van der Waals surface area contributed by atoms with E-state index in [0.717, 1.165) is 12.1 Å². The van der Waals surface area contributed by atoms with Gasteiger partial charge in [0.2, 0.25) is 5.91 Å². The van der Waals surface area contributed by atoms with E-state index in [1.807, 2.05) is 13.8 Å². The Balaban J connectivity index is 2.95. The summed E-state index contributed by atoms with van der Waals surface area (Å²) in [5.74, 6) is -0.481. The molecule has 1 aromatic carbocycles. The normalized spacial score (nSPS) is 11.7. The lowest BCUT2D eigenvalue weighted by atomic mass is 10.0. The number of carbonyl (C=O) groups excluding carboxylic acids is 1. The lowest BCUT2D eigenvalue weighted by Gasteiger charge is -2.15. The van der Waals surface area contributed by atoms with E-state index in [1.54, 1.807) is 0 Å². The van der Waals surface area contributed by atoms with Crippen LogP contribution in [0, 0.1) is 5.92 Å². The standard InChI is InChI=1S/C13H15ClF3NO/c1-3-8(4-2)12(19)18-9-5-6-11(14)10(7-9)13(15,16)17/h5-8H,3-4H2,1-2H3,(H,18,19). The number of hydrogen-bond donors (Lipinski definition) is 1. The third-order valence-electron chi connectivity index (χ3n) is 2.90. The monoisotopic (exact) mass is 293 g/mol. The minimum atomic E-state index is -4.53. The molecule has 0 heterocycles. The second kappa shape index (κ2) is 6.28. The Hall–Kier alpha value is -1.23. The fourth-order valence-corrected chi connectivity index (χ4v) is 1.95. The molecular formula is C13H15ClF3NO. The smallest absolute Gasteiger partial charge is 0.326 e. The van der Waals surface area contributed by atoms with E-state index >= 15 is 0 Å². The maximum Gasteiger partial charge on any atom is 0.417 e. The second-order valence-electron chi connectivity index (χ2n) is 4.20. The van der Waals surface area contributed by atoms with Crippen molar-refractivity contribution in [1.29, 1.82) is 0 Å². The summed E-state index contributed by atoms with van der Waals surface area (Å²) in [6.07, 6.45) is -3.25. The van der Waals surface area contributed by atoms with E-state index in [2.05, 4.69) is 5.32 Å². The van der Waals surface area contributed by atoms with Crippen LogP contribution in [0.5, 0.6) is 0 Å². The summed E-state index contributed by atoms with van der Waals surface area (Å²) in [7, 11) is 0. The number of hydrogen-bond acceptors (Lipinski definition) is 1. The Morgan fingerprint density at radius 2 is 1.89 bits per heavy atom. The summed E-state index contributed by atoms with van der Waals surface area (Å²) in [4.78, 5) is 11.8. The van der Waals surface area contributed by atoms with Crippen LogP contribution in [0.15, 0.2) is 18.2 Å². The molecule has 1 rings (SSSR count). The molecular weight excluding hydrogens is 279 g/mol. The summed E-state index contributed by atoms with van der Waals surface area (Å²) in [5, 5.41) is 2.10. The third kappa shape index (κ3) is 4.13. The van der Waals surface area contributed by atoms with Crippen LogP contribution in [0.2, 0.25) is 5.02 Å². The Morgan fingerprint density at radius 1 is 1.32 bits per heavy atom. The first-order chi connectivity index (χ1) is 8.79. The van der Waals surface area contributed by atoms with Gasteiger partial charge in [-0.15, -0.1) is 0 Å². The zero-order valence-electron chi connectivity index (χ0n) is 10.6. The van der Waals surface area contributed by atoms with Crippen molar-refractivity contribution >= 4 is 23.2 Å². The molecule has 2 nitrogen and oxygen atoms in total. The fraction of sp³-hybridized carbons (Fsp3) is 0.462. The molecule has 0 aliphatic heterocycles. The molecule has 0 aromatic heterocycles. The number of anilines is 1. The highest BCUT2D eigenvalue weighted by Crippen LogP contribution is 2.36. The van der Waals surface area contributed by atoms with Crippen molar-refractivity contribution in [2.75, 3.05) is 5.32 Å². The van der Waals surface area contributed by atoms with Gasteiger partial charge < -0.3 is 5.32 Å². The van der Waals surface area contributed by atoms with Gasteiger partial charge in [0.25, 0.3) is 0 Å². The van der Waals surface area contributed by atoms with Crippen molar-refractivity contribution in [3.05, 3.63) is 28.8 Å². The molecule has 0 radical (unpaired) electrons. The van der Waals surface area contributed by atoms with Gasteiger partial charge in [0.05, 0.1) is 10.6 Å². The van der Waals surface area contributed by atoms with Crippen LogP contribution in [0.25, 0.3) is 0 Å². The SMILES string of the molecule is CCC(CC)C(=O)Nc1ccc(Cl)c(C(F)(F)F)c1. The summed E-state index contributed by atoms with van der Waals surface area (Å²) >= 11 is 5.50. The van der Waals surface area contributed by atoms with E-state index in [-0.39, 0.29) is 22.5 Å². The lowest BCUT2D eigenvalue weighted by molar-refractivity contribution is -0.137. The Kier molecular flexibility index (Phi) is 5.23. The molecule has 1 aromatic rings. The number of benzene rings is 1. The Morgan fingerprint density at radius 3 is 2.37 bits per heavy atom. The maximum atomic E-state index is 12.7. The van der Waals surface area contributed by atoms with Crippen molar-refractivity contribution in [2.45, 2.75) is 32.9 Å². The van der Waals surface area contributed by atoms with Crippen LogP contribution >= 0.6 is 11.6 Å². The molecule has 19 heavy (non-hydrogen) atoms. The average molecular weight is 294 g/mol. The van der Waals surface area contributed by atoms with E-state index in [0.29, 0.717) is 12.8 Å². The first-order valence-electron chi connectivity index (χ1n) is 5.97. The first-order valence-corrected chi connectivity index (χ1v) is 6.35. The highest BCUT2D eigenvalue weighted by Gasteiger charge is 2.33. The Labute approximate surface area is 114 Å². The number of halogens is 4. The van der Waals surface area contributed by atoms with Crippen LogP contribution in [0.4, 0.5) is 18.9 Å². The van der Waals surface area contributed by atoms with E-state index in [1.165, 1.54) is 6.07 Å². The summed E-state index contributed by atoms with van der Waals surface area (Å²) in [6.45, 7) is 3.72. The quantitative estimate of drug-likeness (QED) is 0.854. The van der Waals surface area contributed by atoms with Crippen molar-refractivity contribution < 1.29 is 18.0 Å². The minimum Gasteiger partial charge on any atom is -0.326 e. The van der Waals surface area contributed by atoms with Gasteiger partial charge in [-0.25, -0.2) is 0 Å². The Bertz CT molecular complexity index is 456.